The lowest BCUT2D eigenvalue weighted by atomic mass is 9.75. The fourth-order valence-corrected chi connectivity index (χ4v) is 13.6. The molecule has 0 fully saturated rings. The van der Waals surface area contributed by atoms with Gasteiger partial charge in [0.2, 0.25) is 0 Å². The van der Waals surface area contributed by atoms with E-state index in [1.165, 1.54) is 207 Å². The SMILES string of the molecule is CCCCCCOc1cc(OCCCCCC)c2c3cccc4c5cccc6c7c(OCCCCCC)cc(OCCCCCC)c8c9cccc%10c9c9c%11c%12c(cccc%12c1c2c%11c(c43)c(c56)c9c87)C%10. The van der Waals surface area contributed by atoms with Crippen molar-refractivity contribution in [2.45, 2.75) is 137 Å². The van der Waals surface area contributed by atoms with Gasteiger partial charge in [-0.05, 0) is 119 Å². The summed E-state index contributed by atoms with van der Waals surface area (Å²) in [7, 11) is 0. The zero-order chi connectivity index (χ0) is 47.7. The Balaban J connectivity index is 1.25. The van der Waals surface area contributed by atoms with Crippen molar-refractivity contribution >= 4 is 118 Å². The summed E-state index contributed by atoms with van der Waals surface area (Å²) >= 11 is 0. The van der Waals surface area contributed by atoms with E-state index in [0.717, 1.165) is 55.1 Å². The summed E-state index contributed by atoms with van der Waals surface area (Å²) < 4.78 is 28.6. The highest BCUT2D eigenvalue weighted by Gasteiger charge is 2.34. The van der Waals surface area contributed by atoms with Crippen molar-refractivity contribution in [3.8, 4) is 23.0 Å². The highest BCUT2D eigenvalue weighted by atomic mass is 16.5. The number of hydrogen-bond donors (Lipinski definition) is 0. The monoisotopic (exact) mass is 937 g/mol. The molecule has 4 nitrogen and oxygen atoms in total. The van der Waals surface area contributed by atoms with Gasteiger partial charge in [-0.3, -0.25) is 0 Å². The van der Waals surface area contributed by atoms with E-state index in [9.17, 15) is 0 Å². The van der Waals surface area contributed by atoms with Crippen LogP contribution >= 0.6 is 0 Å². The summed E-state index contributed by atoms with van der Waals surface area (Å²) in [5.74, 6) is 3.80. The third-order valence-electron chi connectivity index (χ3n) is 16.7. The second-order valence-electron chi connectivity index (χ2n) is 21.2. The van der Waals surface area contributed by atoms with Crippen LogP contribution in [0.15, 0.2) is 84.9 Å². The molecule has 12 aromatic rings. The first-order valence-electron chi connectivity index (χ1n) is 27.9. The van der Waals surface area contributed by atoms with Crippen LogP contribution in [0.4, 0.5) is 0 Å². The fourth-order valence-electron chi connectivity index (χ4n) is 13.6. The molecular formula is C67H68O4. The van der Waals surface area contributed by atoms with Crippen LogP contribution in [0.25, 0.3) is 118 Å². The largest absolute Gasteiger partial charge is 0.493 e. The van der Waals surface area contributed by atoms with E-state index >= 15 is 0 Å². The number of unbranched alkanes of at least 4 members (excludes halogenated alkanes) is 12. The van der Waals surface area contributed by atoms with Gasteiger partial charge in [0, 0.05) is 55.2 Å². The Morgan fingerprint density at radius 3 is 0.873 bits per heavy atom. The summed E-state index contributed by atoms with van der Waals surface area (Å²) in [6.07, 6.45) is 19.3. The number of benzene rings is 12. The lowest BCUT2D eigenvalue weighted by molar-refractivity contribution is 0.295. The van der Waals surface area contributed by atoms with E-state index in [1.807, 2.05) is 0 Å². The maximum Gasteiger partial charge on any atom is 0.131 e. The highest BCUT2D eigenvalue weighted by Crippen LogP contribution is 2.62. The van der Waals surface area contributed by atoms with Crippen LogP contribution in [0.2, 0.25) is 0 Å². The minimum atomic E-state index is 0.682. The molecule has 0 amide bonds. The predicted molar refractivity (Wildman–Crippen MR) is 305 cm³/mol. The van der Waals surface area contributed by atoms with E-state index in [2.05, 4.69) is 113 Å². The van der Waals surface area contributed by atoms with E-state index in [1.54, 1.807) is 0 Å². The van der Waals surface area contributed by atoms with Crippen molar-refractivity contribution in [2.75, 3.05) is 26.4 Å². The maximum atomic E-state index is 7.16. The van der Waals surface area contributed by atoms with Gasteiger partial charge < -0.3 is 18.9 Å². The average molecular weight is 937 g/mol. The standard InChI is InChI=1S/C67H68O4/c1-5-9-13-17-33-68-48-38-50(70-35-19-15-11-7-3)58-46-31-23-27-42-43-28-24-32-47-55(43)63-62(54(42)46)66-60-52-40(25-21-29-44(52)56(48)64(58)66)37-41-26-22-30-45-53(41)61(60)67(63)65-57(45)49(69-34-18-14-10-6-2)39-51(59(47)65)71-36-20-16-12-8-4/h21-32,38-39H,5-20,33-37H2,1-4H3. The topological polar surface area (TPSA) is 36.9 Å². The van der Waals surface area contributed by atoms with Crippen molar-refractivity contribution in [1.82, 2.24) is 0 Å². The molecule has 0 saturated heterocycles. The lowest BCUT2D eigenvalue weighted by Crippen LogP contribution is -2.05. The van der Waals surface area contributed by atoms with Crippen molar-refractivity contribution in [2.24, 2.45) is 0 Å². The third kappa shape index (κ3) is 6.75. The Labute approximate surface area is 417 Å². The van der Waals surface area contributed by atoms with Gasteiger partial charge in [0.1, 0.15) is 23.0 Å². The van der Waals surface area contributed by atoms with Gasteiger partial charge in [0.05, 0.1) is 26.4 Å². The van der Waals surface area contributed by atoms with Crippen LogP contribution in [-0.4, -0.2) is 26.4 Å². The number of ether oxygens (including phenoxy) is 4. The van der Waals surface area contributed by atoms with Gasteiger partial charge in [0.15, 0.2) is 0 Å². The first kappa shape index (κ1) is 44.7. The van der Waals surface area contributed by atoms with Gasteiger partial charge >= 0.3 is 0 Å². The second-order valence-corrected chi connectivity index (χ2v) is 21.2. The Kier molecular flexibility index (Phi) is 11.6. The summed E-state index contributed by atoms with van der Waals surface area (Å²) in [6, 6.07) is 33.0. The van der Waals surface area contributed by atoms with Crippen molar-refractivity contribution in [1.29, 1.82) is 0 Å². The second kappa shape index (κ2) is 18.4. The number of fused-ring (bicyclic) bond motifs is 5. The molecule has 0 saturated carbocycles. The van der Waals surface area contributed by atoms with Crippen LogP contribution in [0.1, 0.15) is 142 Å². The van der Waals surface area contributed by atoms with Crippen molar-refractivity contribution in [3.05, 3.63) is 96.1 Å². The first-order chi connectivity index (χ1) is 35.2. The van der Waals surface area contributed by atoms with E-state index < -0.39 is 0 Å². The predicted octanol–water partition coefficient (Wildman–Crippen LogP) is 19.9. The molecule has 0 N–H and O–H groups in total. The number of hydrogen-bond acceptors (Lipinski definition) is 4. The third-order valence-corrected chi connectivity index (χ3v) is 16.7. The normalized spacial score (nSPS) is 13.0. The molecular weight excluding hydrogens is 869 g/mol. The summed E-state index contributed by atoms with van der Waals surface area (Å²) in [4.78, 5) is 0. The van der Waals surface area contributed by atoms with Gasteiger partial charge in [-0.25, -0.2) is 0 Å². The molecule has 4 heteroatoms. The molecule has 360 valence electrons. The van der Waals surface area contributed by atoms with Gasteiger partial charge in [-0.15, -0.1) is 0 Å². The van der Waals surface area contributed by atoms with Crippen LogP contribution in [0, 0.1) is 0 Å². The maximum absolute atomic E-state index is 7.16. The summed E-state index contributed by atoms with van der Waals surface area (Å²) in [5, 5.41) is 28.8. The Hall–Kier alpha value is -6.26. The molecule has 0 radical (unpaired) electrons. The molecule has 0 unspecified atom stereocenters. The molecule has 0 heterocycles. The van der Waals surface area contributed by atoms with Gasteiger partial charge in [-0.1, -0.05) is 178 Å². The van der Waals surface area contributed by atoms with Gasteiger partial charge in [0.25, 0.3) is 0 Å². The molecule has 1 aliphatic carbocycles. The van der Waals surface area contributed by atoms with E-state index in [4.69, 9.17) is 18.9 Å². The lowest BCUT2D eigenvalue weighted by Gasteiger charge is -2.29. The van der Waals surface area contributed by atoms with Crippen LogP contribution in [0.3, 0.4) is 0 Å². The summed E-state index contributed by atoms with van der Waals surface area (Å²) in [5.41, 5.74) is 2.75. The van der Waals surface area contributed by atoms with Crippen LogP contribution in [0.5, 0.6) is 23.0 Å². The average Bonchev–Trinajstić information content (AvgIpc) is 3.56. The molecule has 12 aromatic carbocycles. The minimum absolute atomic E-state index is 0.682. The molecule has 13 rings (SSSR count). The molecule has 71 heavy (non-hydrogen) atoms. The van der Waals surface area contributed by atoms with Crippen LogP contribution < -0.4 is 18.9 Å². The molecule has 0 aliphatic heterocycles. The Morgan fingerprint density at radius 1 is 0.268 bits per heavy atom. The smallest absolute Gasteiger partial charge is 0.131 e. The van der Waals surface area contributed by atoms with Gasteiger partial charge in [-0.2, -0.15) is 0 Å². The molecule has 1 aliphatic rings. The van der Waals surface area contributed by atoms with E-state index in [0.29, 0.717) is 26.4 Å². The summed E-state index contributed by atoms with van der Waals surface area (Å²) in [6.45, 7) is 11.9. The first-order valence-corrected chi connectivity index (χ1v) is 27.9. The zero-order valence-electron chi connectivity index (χ0n) is 42.6. The fraction of sp³-hybridized carbons (Fsp3) is 0.373. The van der Waals surface area contributed by atoms with Crippen LogP contribution in [-0.2, 0) is 6.42 Å². The van der Waals surface area contributed by atoms with Crippen molar-refractivity contribution < 1.29 is 18.9 Å². The zero-order valence-corrected chi connectivity index (χ0v) is 42.6. The van der Waals surface area contributed by atoms with Crippen molar-refractivity contribution in [3.63, 3.8) is 0 Å². The Morgan fingerprint density at radius 2 is 0.535 bits per heavy atom. The molecule has 0 atom stereocenters. The molecule has 0 spiro atoms. The molecule has 0 aromatic heterocycles. The highest BCUT2D eigenvalue weighted by molar-refractivity contribution is 6.59. The molecule has 0 bridgehead atoms. The Bertz CT molecular complexity index is 3660. The van der Waals surface area contributed by atoms with E-state index in [-0.39, 0.29) is 0 Å². The number of rotatable bonds is 24. The minimum Gasteiger partial charge on any atom is -0.493 e. The quantitative estimate of drug-likeness (QED) is 0.0344.